The van der Waals surface area contributed by atoms with Crippen LogP contribution < -0.4 is 4.90 Å². The maximum Gasteiger partial charge on any atom is 0.282 e. The number of nitrogens with zero attached hydrogens (tertiary/aromatic N) is 3. The second-order valence-electron chi connectivity index (χ2n) is 6.80. The molecule has 0 N–H and O–H groups in total. The SMILES string of the molecule is Cc1cccc(C2=N/C(=C/c3ccc([N+](=O)[O-])cc3)C(=O)N2c2cccc(Br)c2)c1. The minimum absolute atomic E-state index is 0.00499. The van der Waals surface area contributed by atoms with Gasteiger partial charge in [0.05, 0.1) is 10.6 Å². The van der Waals surface area contributed by atoms with Crippen molar-refractivity contribution in [3.63, 3.8) is 0 Å². The van der Waals surface area contributed by atoms with Crippen LogP contribution in [0.25, 0.3) is 6.08 Å². The molecule has 148 valence electrons. The number of nitro groups is 1. The molecule has 0 atom stereocenters. The molecule has 3 aromatic carbocycles. The molecule has 30 heavy (non-hydrogen) atoms. The zero-order valence-corrected chi connectivity index (χ0v) is 17.5. The molecule has 0 saturated heterocycles. The number of amides is 1. The first-order valence-corrected chi connectivity index (χ1v) is 9.93. The number of nitro benzene ring substituents is 1. The minimum Gasteiger partial charge on any atom is -0.266 e. The van der Waals surface area contributed by atoms with E-state index >= 15 is 0 Å². The van der Waals surface area contributed by atoms with Crippen LogP contribution in [-0.4, -0.2) is 16.7 Å². The van der Waals surface area contributed by atoms with E-state index in [0.717, 1.165) is 15.6 Å². The minimum atomic E-state index is -0.458. The third-order valence-electron chi connectivity index (χ3n) is 4.61. The predicted octanol–water partition coefficient (Wildman–Crippen LogP) is 5.50. The average Bonchev–Trinajstić information content (AvgIpc) is 3.04. The molecular weight excluding hydrogens is 446 g/mol. The topological polar surface area (TPSA) is 75.8 Å². The van der Waals surface area contributed by atoms with Gasteiger partial charge in [-0.3, -0.25) is 19.8 Å². The number of non-ortho nitro benzene ring substituents is 1. The molecule has 4 rings (SSSR count). The van der Waals surface area contributed by atoms with Gasteiger partial charge in [0, 0.05) is 22.2 Å². The molecule has 0 aromatic heterocycles. The molecule has 0 fully saturated rings. The molecule has 1 aliphatic rings. The summed E-state index contributed by atoms with van der Waals surface area (Å²) in [6.45, 7) is 1.98. The third-order valence-corrected chi connectivity index (χ3v) is 5.10. The second-order valence-corrected chi connectivity index (χ2v) is 7.72. The lowest BCUT2D eigenvalue weighted by Gasteiger charge is -2.19. The van der Waals surface area contributed by atoms with Crippen molar-refractivity contribution in [2.75, 3.05) is 4.90 Å². The van der Waals surface area contributed by atoms with E-state index in [4.69, 9.17) is 0 Å². The normalized spacial score (nSPS) is 14.9. The van der Waals surface area contributed by atoms with Crippen molar-refractivity contribution < 1.29 is 9.72 Å². The van der Waals surface area contributed by atoms with Gasteiger partial charge in [-0.2, -0.15) is 0 Å². The van der Waals surface area contributed by atoms with E-state index < -0.39 is 4.92 Å². The molecular formula is C23H16BrN3O3. The zero-order chi connectivity index (χ0) is 21.3. The van der Waals surface area contributed by atoms with E-state index in [1.807, 2.05) is 55.5 Å². The summed E-state index contributed by atoms with van der Waals surface area (Å²) in [5.41, 5.74) is 3.50. The number of anilines is 1. The summed E-state index contributed by atoms with van der Waals surface area (Å²) in [4.78, 5) is 29.9. The van der Waals surface area contributed by atoms with E-state index in [9.17, 15) is 14.9 Å². The number of hydrogen-bond acceptors (Lipinski definition) is 4. The molecule has 0 saturated carbocycles. The summed E-state index contributed by atoms with van der Waals surface area (Å²) in [6, 6.07) is 21.3. The van der Waals surface area contributed by atoms with Crippen LogP contribution in [-0.2, 0) is 4.79 Å². The van der Waals surface area contributed by atoms with E-state index in [1.54, 1.807) is 23.1 Å². The highest BCUT2D eigenvalue weighted by Gasteiger charge is 2.32. The summed E-state index contributed by atoms with van der Waals surface area (Å²) >= 11 is 3.46. The first-order chi connectivity index (χ1) is 14.4. The number of carbonyl (C=O) groups is 1. The average molecular weight is 462 g/mol. The van der Waals surface area contributed by atoms with E-state index in [2.05, 4.69) is 20.9 Å². The van der Waals surface area contributed by atoms with Crippen molar-refractivity contribution in [3.05, 3.63) is 110 Å². The predicted molar refractivity (Wildman–Crippen MR) is 120 cm³/mol. The molecule has 0 spiro atoms. The lowest BCUT2D eigenvalue weighted by Crippen LogP contribution is -2.32. The Balaban J connectivity index is 1.80. The fourth-order valence-electron chi connectivity index (χ4n) is 3.20. The van der Waals surface area contributed by atoms with Gasteiger partial charge in [0.15, 0.2) is 0 Å². The Morgan fingerprint density at radius 2 is 1.77 bits per heavy atom. The molecule has 1 aliphatic heterocycles. The van der Waals surface area contributed by atoms with E-state index in [1.165, 1.54) is 12.1 Å². The van der Waals surface area contributed by atoms with Crippen molar-refractivity contribution in [2.24, 2.45) is 4.99 Å². The number of amidine groups is 1. The van der Waals surface area contributed by atoms with Gasteiger partial charge in [-0.15, -0.1) is 0 Å². The van der Waals surface area contributed by atoms with Crippen molar-refractivity contribution in [3.8, 4) is 0 Å². The summed E-state index contributed by atoms with van der Waals surface area (Å²) < 4.78 is 0.851. The number of hydrogen-bond donors (Lipinski definition) is 0. The largest absolute Gasteiger partial charge is 0.282 e. The fraction of sp³-hybridized carbons (Fsp3) is 0.0435. The standard InChI is InChI=1S/C23H16BrN3O3/c1-15-4-2-5-17(12-15)22-25-21(13-16-8-10-19(11-9-16)27(29)30)23(28)26(22)20-7-3-6-18(24)14-20/h2-14H,1H3/b21-13+. The highest BCUT2D eigenvalue weighted by Crippen LogP contribution is 2.30. The van der Waals surface area contributed by atoms with Crippen LogP contribution in [0.1, 0.15) is 16.7 Å². The smallest absolute Gasteiger partial charge is 0.266 e. The van der Waals surface area contributed by atoms with Gasteiger partial charge in [-0.1, -0.05) is 45.8 Å². The third kappa shape index (κ3) is 3.92. The second kappa shape index (κ2) is 8.04. The zero-order valence-electron chi connectivity index (χ0n) is 15.9. The number of benzene rings is 3. The van der Waals surface area contributed by atoms with Crippen molar-refractivity contribution in [1.29, 1.82) is 0 Å². The molecule has 1 heterocycles. The van der Waals surface area contributed by atoms with Crippen molar-refractivity contribution >= 4 is 45.1 Å². The Kier molecular flexibility index (Phi) is 5.29. The monoisotopic (exact) mass is 461 g/mol. The summed E-state index contributed by atoms with van der Waals surface area (Å²) in [6.07, 6.45) is 1.64. The van der Waals surface area contributed by atoms with Gasteiger partial charge < -0.3 is 0 Å². The fourth-order valence-corrected chi connectivity index (χ4v) is 3.59. The van der Waals surface area contributed by atoms with Gasteiger partial charge in [0.1, 0.15) is 11.5 Å². The van der Waals surface area contributed by atoms with Crippen LogP contribution in [0.5, 0.6) is 0 Å². The van der Waals surface area contributed by atoms with Gasteiger partial charge in [0.2, 0.25) is 0 Å². The van der Waals surface area contributed by atoms with Crippen LogP contribution in [0.2, 0.25) is 0 Å². The summed E-state index contributed by atoms with van der Waals surface area (Å²) in [5, 5.41) is 10.9. The maximum absolute atomic E-state index is 13.3. The Bertz CT molecular complexity index is 1220. The lowest BCUT2D eigenvalue weighted by atomic mass is 10.1. The van der Waals surface area contributed by atoms with Gasteiger partial charge in [-0.25, -0.2) is 4.99 Å². The molecule has 0 bridgehead atoms. The molecule has 1 amide bonds. The van der Waals surface area contributed by atoms with Crippen LogP contribution in [0.3, 0.4) is 0 Å². The number of carbonyl (C=O) groups excluding carboxylic acids is 1. The molecule has 7 heteroatoms. The van der Waals surface area contributed by atoms with Crippen LogP contribution in [0, 0.1) is 17.0 Å². The number of aliphatic imine (C=N–C) groups is 1. The van der Waals surface area contributed by atoms with Gasteiger partial charge in [-0.05, 0) is 55.0 Å². The molecule has 3 aromatic rings. The lowest BCUT2D eigenvalue weighted by molar-refractivity contribution is -0.384. The van der Waals surface area contributed by atoms with Crippen LogP contribution in [0.4, 0.5) is 11.4 Å². The molecule has 6 nitrogen and oxygen atoms in total. The highest BCUT2D eigenvalue weighted by molar-refractivity contribution is 9.10. The molecule has 0 aliphatic carbocycles. The van der Waals surface area contributed by atoms with Crippen molar-refractivity contribution in [1.82, 2.24) is 0 Å². The van der Waals surface area contributed by atoms with Gasteiger partial charge in [0.25, 0.3) is 11.6 Å². The van der Waals surface area contributed by atoms with E-state index in [-0.39, 0.29) is 17.3 Å². The Hall–Kier alpha value is -3.58. The first-order valence-electron chi connectivity index (χ1n) is 9.14. The van der Waals surface area contributed by atoms with Gasteiger partial charge >= 0.3 is 0 Å². The Morgan fingerprint density at radius 1 is 1.03 bits per heavy atom. The first kappa shape index (κ1) is 19.7. The highest BCUT2D eigenvalue weighted by atomic mass is 79.9. The van der Waals surface area contributed by atoms with E-state index in [0.29, 0.717) is 17.1 Å². The quantitative estimate of drug-likeness (QED) is 0.292. The Morgan fingerprint density at radius 3 is 2.43 bits per heavy atom. The number of aryl methyl sites for hydroxylation is 1. The summed E-state index contributed by atoms with van der Waals surface area (Å²) in [5.74, 6) is 0.276. The number of halogens is 1. The summed E-state index contributed by atoms with van der Waals surface area (Å²) in [7, 11) is 0. The number of rotatable bonds is 4. The Labute approximate surface area is 181 Å². The van der Waals surface area contributed by atoms with Crippen molar-refractivity contribution in [2.45, 2.75) is 6.92 Å². The maximum atomic E-state index is 13.3. The molecule has 0 unspecified atom stereocenters. The van der Waals surface area contributed by atoms with Crippen LogP contribution in [0.15, 0.2) is 88.0 Å². The molecule has 0 radical (unpaired) electrons. The van der Waals surface area contributed by atoms with Crippen LogP contribution >= 0.6 is 15.9 Å².